The summed E-state index contributed by atoms with van der Waals surface area (Å²) in [6.45, 7) is -0.819. The fraction of sp³-hybridized carbons (Fsp3) is 0.250. The molecule has 0 fully saturated rings. The number of rotatable bonds is 6. The summed E-state index contributed by atoms with van der Waals surface area (Å²) in [4.78, 5) is 1.09. The Morgan fingerprint density at radius 3 is 2.48 bits per heavy atom. The number of aryl methyl sites for hydroxylation is 1. The molecule has 1 unspecified atom stereocenters. The number of benzene rings is 2. The molecule has 0 amide bonds. The second kappa shape index (κ2) is 7.43. The average molecular weight is 310 g/mol. The van der Waals surface area contributed by atoms with Crippen LogP contribution in [0, 0.1) is 6.92 Å². The van der Waals surface area contributed by atoms with E-state index in [-0.39, 0.29) is 5.75 Å². The maximum atomic E-state index is 12.0. The molecule has 0 aliphatic heterocycles. The highest BCUT2D eigenvalue weighted by molar-refractivity contribution is 7.99. The van der Waals surface area contributed by atoms with E-state index in [1.54, 1.807) is 23.9 Å². The van der Waals surface area contributed by atoms with E-state index in [1.165, 1.54) is 17.7 Å². The third kappa shape index (κ3) is 5.02. The number of halogens is 2. The monoisotopic (exact) mass is 310 g/mol. The summed E-state index contributed by atoms with van der Waals surface area (Å²) in [7, 11) is 0. The zero-order valence-electron chi connectivity index (χ0n) is 11.5. The number of thioether (sulfide) groups is 1. The maximum Gasteiger partial charge on any atom is 0.387 e. The molecule has 0 saturated carbocycles. The summed E-state index contributed by atoms with van der Waals surface area (Å²) in [5, 5.41) is 10.1. The molecule has 0 aromatic heterocycles. The number of ether oxygens (including phenoxy) is 1. The van der Waals surface area contributed by atoms with E-state index >= 15 is 0 Å². The summed E-state index contributed by atoms with van der Waals surface area (Å²) in [5.74, 6) is 0.589. The number of hydrogen-bond donors (Lipinski definition) is 1. The fourth-order valence-corrected chi connectivity index (χ4v) is 2.83. The topological polar surface area (TPSA) is 29.5 Å². The molecule has 0 aliphatic rings. The summed E-state index contributed by atoms with van der Waals surface area (Å²) in [6.07, 6.45) is -0.656. The quantitative estimate of drug-likeness (QED) is 0.801. The lowest BCUT2D eigenvalue weighted by molar-refractivity contribution is -0.0498. The van der Waals surface area contributed by atoms with Crippen LogP contribution in [0.25, 0.3) is 0 Å². The van der Waals surface area contributed by atoms with Gasteiger partial charge in [-0.25, -0.2) is 0 Å². The largest absolute Gasteiger partial charge is 0.435 e. The van der Waals surface area contributed by atoms with E-state index in [0.29, 0.717) is 11.3 Å². The van der Waals surface area contributed by atoms with Crippen molar-refractivity contribution in [3.8, 4) is 5.75 Å². The van der Waals surface area contributed by atoms with E-state index < -0.39 is 12.7 Å². The van der Waals surface area contributed by atoms with Crippen LogP contribution in [0.2, 0.25) is 0 Å². The highest BCUT2D eigenvalue weighted by Crippen LogP contribution is 2.26. The molecule has 0 spiro atoms. The van der Waals surface area contributed by atoms with Gasteiger partial charge in [0.15, 0.2) is 0 Å². The van der Waals surface area contributed by atoms with Crippen molar-refractivity contribution >= 4 is 11.8 Å². The highest BCUT2D eigenvalue weighted by Gasteiger charge is 2.10. The molecular weight excluding hydrogens is 294 g/mol. The Kier molecular flexibility index (Phi) is 5.59. The van der Waals surface area contributed by atoms with Crippen molar-refractivity contribution in [3.05, 3.63) is 59.7 Å². The molecule has 0 heterocycles. The molecule has 1 atom stereocenters. The smallest absolute Gasteiger partial charge is 0.387 e. The van der Waals surface area contributed by atoms with Gasteiger partial charge in [0, 0.05) is 10.6 Å². The molecule has 1 N–H and O–H groups in total. The average Bonchev–Trinajstić information content (AvgIpc) is 2.45. The van der Waals surface area contributed by atoms with Gasteiger partial charge in [-0.2, -0.15) is 8.78 Å². The summed E-state index contributed by atoms with van der Waals surface area (Å²) >= 11 is 1.55. The summed E-state index contributed by atoms with van der Waals surface area (Å²) < 4.78 is 28.4. The zero-order chi connectivity index (χ0) is 15.2. The molecule has 0 aliphatic carbocycles. The molecule has 0 saturated heterocycles. The van der Waals surface area contributed by atoms with Crippen LogP contribution in [0.1, 0.15) is 17.2 Å². The fourth-order valence-electron chi connectivity index (χ4n) is 1.85. The van der Waals surface area contributed by atoms with Crippen LogP contribution in [-0.2, 0) is 0 Å². The molecule has 0 bridgehead atoms. The minimum atomic E-state index is -2.84. The number of alkyl halides is 2. The van der Waals surface area contributed by atoms with Crippen molar-refractivity contribution in [2.24, 2.45) is 0 Å². The van der Waals surface area contributed by atoms with Gasteiger partial charge < -0.3 is 9.84 Å². The number of aliphatic hydroxyl groups is 1. The first-order chi connectivity index (χ1) is 10.0. The van der Waals surface area contributed by atoms with E-state index in [4.69, 9.17) is 0 Å². The third-order valence-corrected chi connectivity index (χ3v) is 3.96. The van der Waals surface area contributed by atoms with E-state index in [0.717, 1.165) is 4.90 Å². The predicted octanol–water partition coefficient (Wildman–Crippen LogP) is 4.42. The molecule has 2 nitrogen and oxygen atoms in total. The van der Waals surface area contributed by atoms with Crippen LogP contribution < -0.4 is 4.74 Å². The van der Waals surface area contributed by atoms with Gasteiger partial charge in [0.25, 0.3) is 0 Å². The van der Waals surface area contributed by atoms with Gasteiger partial charge in [0.2, 0.25) is 0 Å². The normalized spacial score (nSPS) is 12.4. The van der Waals surface area contributed by atoms with Gasteiger partial charge >= 0.3 is 6.61 Å². The van der Waals surface area contributed by atoms with Gasteiger partial charge in [-0.1, -0.05) is 29.8 Å². The Hall–Kier alpha value is -1.59. The van der Waals surface area contributed by atoms with Gasteiger partial charge in [-0.05, 0) is 36.8 Å². The van der Waals surface area contributed by atoms with Crippen molar-refractivity contribution < 1.29 is 18.6 Å². The Balaban J connectivity index is 1.92. The van der Waals surface area contributed by atoms with Crippen molar-refractivity contribution in [3.63, 3.8) is 0 Å². The van der Waals surface area contributed by atoms with Crippen LogP contribution >= 0.6 is 11.8 Å². The zero-order valence-corrected chi connectivity index (χ0v) is 12.3. The van der Waals surface area contributed by atoms with Gasteiger partial charge in [-0.15, -0.1) is 11.8 Å². The lowest BCUT2D eigenvalue weighted by Crippen LogP contribution is -2.03. The van der Waals surface area contributed by atoms with Crippen molar-refractivity contribution in [1.82, 2.24) is 0 Å². The summed E-state index contributed by atoms with van der Waals surface area (Å²) in [6, 6.07) is 14.1. The lowest BCUT2D eigenvalue weighted by Gasteiger charge is -2.12. The predicted molar refractivity (Wildman–Crippen MR) is 79.9 cm³/mol. The van der Waals surface area contributed by atoms with Crippen molar-refractivity contribution in [1.29, 1.82) is 0 Å². The van der Waals surface area contributed by atoms with Gasteiger partial charge in [0.1, 0.15) is 5.75 Å². The maximum absolute atomic E-state index is 12.0. The molecule has 5 heteroatoms. The minimum Gasteiger partial charge on any atom is -0.435 e. The molecule has 112 valence electrons. The Labute approximate surface area is 126 Å². The Morgan fingerprint density at radius 1 is 1.14 bits per heavy atom. The lowest BCUT2D eigenvalue weighted by atomic mass is 10.1. The molecule has 2 aromatic carbocycles. The molecule has 2 rings (SSSR count). The van der Waals surface area contributed by atoms with E-state index in [1.807, 2.05) is 25.1 Å². The second-order valence-electron chi connectivity index (χ2n) is 4.59. The Morgan fingerprint density at radius 2 is 1.86 bits per heavy atom. The van der Waals surface area contributed by atoms with E-state index in [9.17, 15) is 13.9 Å². The minimum absolute atomic E-state index is 0.0901. The molecular formula is C16H16F2O2S. The van der Waals surface area contributed by atoms with Crippen LogP contribution in [0.4, 0.5) is 8.78 Å². The van der Waals surface area contributed by atoms with Crippen molar-refractivity contribution in [2.45, 2.75) is 24.5 Å². The number of hydrogen-bond acceptors (Lipinski definition) is 3. The molecule has 2 aromatic rings. The Bertz CT molecular complexity index is 573. The van der Waals surface area contributed by atoms with Gasteiger partial charge in [0.05, 0.1) is 6.10 Å². The second-order valence-corrected chi connectivity index (χ2v) is 5.68. The first-order valence-electron chi connectivity index (χ1n) is 6.47. The van der Waals surface area contributed by atoms with Crippen molar-refractivity contribution in [2.75, 3.05) is 5.75 Å². The van der Waals surface area contributed by atoms with Crippen LogP contribution in [0.15, 0.2) is 53.4 Å². The van der Waals surface area contributed by atoms with Crippen LogP contribution in [0.3, 0.4) is 0 Å². The summed E-state index contributed by atoms with van der Waals surface area (Å²) in [5.41, 5.74) is 1.85. The standard InChI is InChI=1S/C16H16F2O2S/c1-11-3-2-4-14(9-11)21-10-15(19)12-5-7-13(8-6-12)20-16(17)18/h2-9,15-16,19H,10H2,1H3. The van der Waals surface area contributed by atoms with Crippen LogP contribution in [0.5, 0.6) is 5.75 Å². The van der Waals surface area contributed by atoms with E-state index in [2.05, 4.69) is 10.8 Å². The molecule has 0 radical (unpaired) electrons. The molecule has 21 heavy (non-hydrogen) atoms. The highest BCUT2D eigenvalue weighted by atomic mass is 32.2. The first-order valence-corrected chi connectivity index (χ1v) is 7.45. The first kappa shape index (κ1) is 15.8. The SMILES string of the molecule is Cc1cccc(SCC(O)c2ccc(OC(F)F)cc2)c1. The third-order valence-electron chi connectivity index (χ3n) is 2.89. The van der Waals surface area contributed by atoms with Crippen LogP contribution in [-0.4, -0.2) is 17.5 Å². The number of aliphatic hydroxyl groups excluding tert-OH is 1. The van der Waals surface area contributed by atoms with Gasteiger partial charge in [-0.3, -0.25) is 0 Å².